The zero-order valence-electron chi connectivity index (χ0n) is 15.6. The molecule has 0 saturated carbocycles. The number of hydrogen-bond donors (Lipinski definition) is 2. The highest BCUT2D eigenvalue weighted by Crippen LogP contribution is 2.32. The number of benzene rings is 2. The summed E-state index contributed by atoms with van der Waals surface area (Å²) in [6.45, 7) is 1.06. The number of carbonyl (C=O) groups excluding carboxylic acids is 3. The van der Waals surface area contributed by atoms with Crippen LogP contribution in [0.25, 0.3) is 6.08 Å². The van der Waals surface area contributed by atoms with Crippen molar-refractivity contribution in [2.24, 2.45) is 5.14 Å². The summed E-state index contributed by atoms with van der Waals surface area (Å²) < 4.78 is 23.2. The van der Waals surface area contributed by atoms with E-state index in [4.69, 9.17) is 16.7 Å². The molecule has 0 radical (unpaired) electrons. The highest BCUT2D eigenvalue weighted by molar-refractivity contribution is 8.18. The molecular weight excluding hydrogens is 450 g/mol. The van der Waals surface area contributed by atoms with Crippen molar-refractivity contribution in [2.45, 2.75) is 11.8 Å². The second-order valence-electron chi connectivity index (χ2n) is 6.39. The standard InChI is InChI=1S/C19H16ClN3O5S2/c1-11-2-7-14(9-16(11)30(21,27)28)22-17(24)10-23-18(25)15(29-19(23)26)8-12-3-5-13(20)6-4-12/h2-9H,10H2,1H3,(H,22,24)(H2,21,27,28)/b15-8-. The molecule has 3 rings (SSSR count). The van der Waals surface area contributed by atoms with Crippen molar-refractivity contribution >= 4 is 62.2 Å². The third-order valence-corrected chi connectivity index (χ3v) is 6.33. The van der Waals surface area contributed by atoms with Crippen LogP contribution in [0.2, 0.25) is 5.02 Å². The van der Waals surface area contributed by atoms with Crippen LogP contribution in [0.15, 0.2) is 52.3 Å². The minimum absolute atomic E-state index is 0.127. The average Bonchev–Trinajstić information content (AvgIpc) is 2.91. The molecule has 3 N–H and O–H groups in total. The predicted molar refractivity (Wildman–Crippen MR) is 115 cm³/mol. The molecular formula is C19H16ClN3O5S2. The van der Waals surface area contributed by atoms with Gasteiger partial charge in [0.25, 0.3) is 11.1 Å². The van der Waals surface area contributed by atoms with Crippen LogP contribution in [-0.2, 0) is 19.6 Å². The molecule has 0 aliphatic carbocycles. The number of nitrogens with two attached hydrogens (primary N) is 1. The largest absolute Gasteiger partial charge is 0.324 e. The maximum atomic E-state index is 12.5. The van der Waals surface area contributed by atoms with Crippen molar-refractivity contribution in [1.29, 1.82) is 0 Å². The molecule has 1 saturated heterocycles. The third kappa shape index (κ3) is 5.08. The first-order valence-corrected chi connectivity index (χ1v) is 11.2. The number of carbonyl (C=O) groups is 3. The van der Waals surface area contributed by atoms with Crippen LogP contribution in [0.4, 0.5) is 10.5 Å². The summed E-state index contributed by atoms with van der Waals surface area (Å²) in [5.74, 6) is -1.25. The molecule has 0 aromatic heterocycles. The molecule has 30 heavy (non-hydrogen) atoms. The monoisotopic (exact) mass is 465 g/mol. The van der Waals surface area contributed by atoms with Gasteiger partial charge in [0.15, 0.2) is 0 Å². The summed E-state index contributed by atoms with van der Waals surface area (Å²) in [6.07, 6.45) is 1.54. The van der Waals surface area contributed by atoms with Gasteiger partial charge in [0.05, 0.1) is 9.80 Å². The molecule has 0 spiro atoms. The molecule has 1 aliphatic heterocycles. The van der Waals surface area contributed by atoms with E-state index in [1.807, 2.05) is 0 Å². The third-order valence-electron chi connectivity index (χ3n) is 4.12. The number of thioether (sulfide) groups is 1. The van der Waals surface area contributed by atoms with Gasteiger partial charge >= 0.3 is 0 Å². The van der Waals surface area contributed by atoms with Gasteiger partial charge in [0.1, 0.15) is 6.54 Å². The molecule has 3 amide bonds. The van der Waals surface area contributed by atoms with Crippen molar-refractivity contribution in [3.05, 3.63) is 63.5 Å². The van der Waals surface area contributed by atoms with Gasteiger partial charge in [-0.15, -0.1) is 0 Å². The van der Waals surface area contributed by atoms with Gasteiger partial charge in [-0.1, -0.05) is 29.8 Å². The number of halogens is 1. The number of imide groups is 1. The Balaban J connectivity index is 1.72. The average molecular weight is 466 g/mol. The Morgan fingerprint density at radius 2 is 1.87 bits per heavy atom. The lowest BCUT2D eigenvalue weighted by molar-refractivity contribution is -0.127. The molecule has 0 unspecified atom stereocenters. The first-order valence-electron chi connectivity index (χ1n) is 8.49. The topological polar surface area (TPSA) is 127 Å². The Bertz CT molecular complexity index is 1180. The first-order chi connectivity index (χ1) is 14.0. The van der Waals surface area contributed by atoms with Crippen LogP contribution >= 0.6 is 23.4 Å². The van der Waals surface area contributed by atoms with E-state index in [0.717, 1.165) is 16.7 Å². The molecule has 0 atom stereocenters. The van der Waals surface area contributed by atoms with E-state index in [-0.39, 0.29) is 15.5 Å². The molecule has 156 valence electrons. The van der Waals surface area contributed by atoms with E-state index < -0.39 is 33.6 Å². The van der Waals surface area contributed by atoms with E-state index in [0.29, 0.717) is 16.1 Å². The number of hydrogen-bond acceptors (Lipinski definition) is 6. The van der Waals surface area contributed by atoms with Gasteiger partial charge in [0, 0.05) is 10.7 Å². The summed E-state index contributed by atoms with van der Waals surface area (Å²) in [6, 6.07) is 10.9. The minimum atomic E-state index is -3.96. The number of rotatable bonds is 5. The van der Waals surface area contributed by atoms with Crippen LogP contribution in [0, 0.1) is 6.92 Å². The highest BCUT2D eigenvalue weighted by atomic mass is 35.5. The summed E-state index contributed by atoms with van der Waals surface area (Å²) in [5, 5.41) is 7.59. The lowest BCUT2D eigenvalue weighted by Crippen LogP contribution is -2.36. The fourth-order valence-electron chi connectivity index (χ4n) is 2.68. The number of nitrogens with zero attached hydrogens (tertiary/aromatic N) is 1. The van der Waals surface area contributed by atoms with Crippen molar-refractivity contribution in [3.63, 3.8) is 0 Å². The van der Waals surface area contributed by atoms with Gasteiger partial charge in [-0.2, -0.15) is 0 Å². The molecule has 1 heterocycles. The lowest BCUT2D eigenvalue weighted by Gasteiger charge is -2.13. The van der Waals surface area contributed by atoms with E-state index in [2.05, 4.69) is 5.32 Å². The van der Waals surface area contributed by atoms with E-state index in [1.54, 1.807) is 31.2 Å². The molecule has 8 nitrogen and oxygen atoms in total. The smallest absolute Gasteiger partial charge is 0.294 e. The lowest BCUT2D eigenvalue weighted by atomic mass is 10.2. The minimum Gasteiger partial charge on any atom is -0.324 e. The Morgan fingerprint density at radius 1 is 1.20 bits per heavy atom. The Kier molecular flexibility index (Phi) is 6.32. The Labute approximate surface area is 182 Å². The number of sulfonamides is 1. The highest BCUT2D eigenvalue weighted by Gasteiger charge is 2.36. The van der Waals surface area contributed by atoms with Crippen molar-refractivity contribution in [2.75, 3.05) is 11.9 Å². The number of primary sulfonamides is 1. The quantitative estimate of drug-likeness (QED) is 0.653. The predicted octanol–water partition coefficient (Wildman–Crippen LogP) is 2.97. The van der Waals surface area contributed by atoms with Crippen molar-refractivity contribution < 1.29 is 22.8 Å². The Morgan fingerprint density at radius 3 is 2.50 bits per heavy atom. The SMILES string of the molecule is Cc1ccc(NC(=O)CN2C(=O)S/C(=C\c3ccc(Cl)cc3)C2=O)cc1S(N)(=O)=O. The molecule has 2 aromatic rings. The molecule has 0 bridgehead atoms. The van der Waals surface area contributed by atoms with Gasteiger partial charge < -0.3 is 5.32 Å². The normalized spacial score (nSPS) is 15.7. The van der Waals surface area contributed by atoms with Crippen LogP contribution in [0.5, 0.6) is 0 Å². The van der Waals surface area contributed by atoms with E-state index >= 15 is 0 Å². The fraction of sp³-hybridized carbons (Fsp3) is 0.105. The van der Waals surface area contributed by atoms with Crippen molar-refractivity contribution in [1.82, 2.24) is 4.90 Å². The molecule has 2 aromatic carbocycles. The summed E-state index contributed by atoms with van der Waals surface area (Å²) in [7, 11) is -3.96. The van der Waals surface area contributed by atoms with Crippen LogP contribution < -0.4 is 10.5 Å². The van der Waals surface area contributed by atoms with Crippen LogP contribution in [0.3, 0.4) is 0 Å². The molecule has 11 heteroatoms. The van der Waals surface area contributed by atoms with Gasteiger partial charge in [-0.25, -0.2) is 13.6 Å². The van der Waals surface area contributed by atoms with Crippen LogP contribution in [-0.4, -0.2) is 36.9 Å². The van der Waals surface area contributed by atoms with E-state index in [1.165, 1.54) is 24.3 Å². The Hall–Kier alpha value is -2.66. The van der Waals surface area contributed by atoms with E-state index in [9.17, 15) is 22.8 Å². The maximum Gasteiger partial charge on any atom is 0.294 e. The van der Waals surface area contributed by atoms with Crippen LogP contribution in [0.1, 0.15) is 11.1 Å². The molecule has 1 fully saturated rings. The van der Waals surface area contributed by atoms with Gasteiger partial charge in [-0.3, -0.25) is 19.3 Å². The maximum absolute atomic E-state index is 12.5. The summed E-state index contributed by atoms with van der Waals surface area (Å²) in [4.78, 5) is 37.9. The zero-order valence-corrected chi connectivity index (χ0v) is 18.0. The summed E-state index contributed by atoms with van der Waals surface area (Å²) in [5.41, 5.74) is 1.29. The number of aryl methyl sites for hydroxylation is 1. The number of nitrogens with one attached hydrogen (secondary N) is 1. The van der Waals surface area contributed by atoms with Crippen molar-refractivity contribution in [3.8, 4) is 0 Å². The van der Waals surface area contributed by atoms with Gasteiger partial charge in [0.2, 0.25) is 15.9 Å². The first kappa shape index (κ1) is 22.0. The fourth-order valence-corrected chi connectivity index (χ4v) is 4.45. The van der Waals surface area contributed by atoms with Gasteiger partial charge in [-0.05, 0) is 60.2 Å². The second-order valence-corrected chi connectivity index (χ2v) is 9.35. The summed E-state index contributed by atoms with van der Waals surface area (Å²) >= 11 is 6.56. The number of amides is 3. The number of anilines is 1. The zero-order chi connectivity index (χ0) is 22.1. The second kappa shape index (κ2) is 8.60. The molecule has 1 aliphatic rings.